The van der Waals surface area contributed by atoms with E-state index in [0.717, 1.165) is 11.3 Å². The minimum Gasteiger partial charge on any atom is -0.497 e. The van der Waals surface area contributed by atoms with Crippen molar-refractivity contribution >= 4 is 0 Å². The molecule has 2 N–H and O–H groups in total. The molecular weight excluding hydrogens is 226 g/mol. The van der Waals surface area contributed by atoms with Gasteiger partial charge in [0.25, 0.3) is 0 Å². The Hall–Kier alpha value is -1.81. The lowest BCUT2D eigenvalue weighted by molar-refractivity contribution is 0.414. The zero-order valence-corrected chi connectivity index (χ0v) is 11.0. The Bertz CT molecular complexity index is 464. The average molecular weight is 245 g/mol. The van der Waals surface area contributed by atoms with Gasteiger partial charge in [-0.15, -0.1) is 0 Å². The van der Waals surface area contributed by atoms with Crippen LogP contribution in [0.5, 0.6) is 5.75 Å². The van der Waals surface area contributed by atoms with E-state index in [-0.39, 0.29) is 12.1 Å². The molecule has 4 nitrogen and oxygen atoms in total. The largest absolute Gasteiger partial charge is 0.497 e. The van der Waals surface area contributed by atoms with Crippen LogP contribution in [-0.4, -0.2) is 17.3 Å². The van der Waals surface area contributed by atoms with Crippen LogP contribution in [0.3, 0.4) is 0 Å². The van der Waals surface area contributed by atoms with E-state index < -0.39 is 0 Å². The van der Waals surface area contributed by atoms with E-state index in [4.69, 9.17) is 4.74 Å². The van der Waals surface area contributed by atoms with E-state index >= 15 is 0 Å². The molecule has 0 aliphatic heterocycles. The number of methoxy groups -OCH3 is 1. The Labute approximate surface area is 107 Å². The molecule has 0 spiro atoms. The van der Waals surface area contributed by atoms with Gasteiger partial charge in [0, 0.05) is 23.8 Å². The number of hydrogen-bond acceptors (Lipinski definition) is 3. The zero-order valence-electron chi connectivity index (χ0n) is 11.0. The maximum Gasteiger partial charge on any atom is 0.118 e. The molecule has 0 saturated heterocycles. The first kappa shape index (κ1) is 12.6. The second-order valence-electron chi connectivity index (χ2n) is 4.41. The van der Waals surface area contributed by atoms with E-state index in [9.17, 15) is 0 Å². The van der Waals surface area contributed by atoms with Crippen molar-refractivity contribution < 1.29 is 4.74 Å². The SMILES string of the molecule is COc1ccc([C@H](C)NC(C)c2cn[nH]c2)cc1. The number of nitrogens with zero attached hydrogens (tertiary/aromatic N) is 1. The average Bonchev–Trinajstić information content (AvgIpc) is 2.92. The standard InChI is InChI=1S/C14H19N3O/c1-10(12-4-6-14(18-3)7-5-12)17-11(2)13-8-15-16-9-13/h4-11,17H,1-3H3,(H,15,16)/t10-,11?/m0/s1. The second kappa shape index (κ2) is 5.69. The summed E-state index contributed by atoms with van der Waals surface area (Å²) in [6.45, 7) is 4.28. The van der Waals surface area contributed by atoms with Gasteiger partial charge in [0.05, 0.1) is 13.3 Å². The molecule has 1 unspecified atom stereocenters. The van der Waals surface area contributed by atoms with Crippen LogP contribution in [0.1, 0.15) is 37.1 Å². The Balaban J connectivity index is 2.00. The smallest absolute Gasteiger partial charge is 0.118 e. The number of aromatic amines is 1. The van der Waals surface area contributed by atoms with Crippen molar-refractivity contribution in [3.05, 3.63) is 47.8 Å². The third-order valence-electron chi connectivity index (χ3n) is 3.14. The summed E-state index contributed by atoms with van der Waals surface area (Å²) in [5, 5.41) is 10.3. The fraction of sp³-hybridized carbons (Fsp3) is 0.357. The van der Waals surface area contributed by atoms with E-state index in [2.05, 4.69) is 41.5 Å². The molecule has 0 aliphatic rings. The fourth-order valence-corrected chi connectivity index (χ4v) is 1.96. The lowest BCUT2D eigenvalue weighted by Gasteiger charge is -2.19. The van der Waals surface area contributed by atoms with Crippen LogP contribution >= 0.6 is 0 Å². The number of H-pyrrole nitrogens is 1. The van der Waals surface area contributed by atoms with Crippen LogP contribution in [0.15, 0.2) is 36.7 Å². The molecule has 1 aromatic heterocycles. The van der Waals surface area contributed by atoms with Crippen LogP contribution in [0, 0.1) is 0 Å². The molecule has 2 atom stereocenters. The van der Waals surface area contributed by atoms with Gasteiger partial charge in [-0.05, 0) is 31.5 Å². The highest BCUT2D eigenvalue weighted by Gasteiger charge is 2.11. The number of benzene rings is 1. The van der Waals surface area contributed by atoms with Gasteiger partial charge in [-0.25, -0.2) is 0 Å². The molecule has 0 radical (unpaired) electrons. The van der Waals surface area contributed by atoms with Gasteiger partial charge in [-0.2, -0.15) is 5.10 Å². The van der Waals surface area contributed by atoms with Gasteiger partial charge in [-0.3, -0.25) is 5.10 Å². The van der Waals surface area contributed by atoms with E-state index in [1.807, 2.05) is 24.5 Å². The van der Waals surface area contributed by atoms with Gasteiger partial charge >= 0.3 is 0 Å². The van der Waals surface area contributed by atoms with E-state index in [0.29, 0.717) is 0 Å². The van der Waals surface area contributed by atoms with Crippen LogP contribution in [0.2, 0.25) is 0 Å². The van der Waals surface area contributed by atoms with Crippen molar-refractivity contribution in [3.8, 4) is 5.75 Å². The molecule has 1 heterocycles. The number of ether oxygens (including phenoxy) is 1. The molecule has 0 saturated carbocycles. The van der Waals surface area contributed by atoms with Gasteiger partial charge in [0.1, 0.15) is 5.75 Å². The molecule has 18 heavy (non-hydrogen) atoms. The summed E-state index contributed by atoms with van der Waals surface area (Å²) < 4.78 is 5.16. The highest BCUT2D eigenvalue weighted by Crippen LogP contribution is 2.20. The van der Waals surface area contributed by atoms with Crippen LogP contribution in [0.4, 0.5) is 0 Å². The van der Waals surface area contributed by atoms with Gasteiger partial charge in [0.15, 0.2) is 0 Å². The first-order valence-electron chi connectivity index (χ1n) is 6.09. The van der Waals surface area contributed by atoms with Gasteiger partial charge in [0.2, 0.25) is 0 Å². The van der Waals surface area contributed by atoms with Crippen molar-refractivity contribution in [1.82, 2.24) is 15.5 Å². The van der Waals surface area contributed by atoms with Gasteiger partial charge in [-0.1, -0.05) is 12.1 Å². The Morgan fingerprint density at radius 3 is 2.33 bits per heavy atom. The summed E-state index contributed by atoms with van der Waals surface area (Å²) in [4.78, 5) is 0. The predicted octanol–water partition coefficient (Wildman–Crippen LogP) is 2.83. The monoisotopic (exact) mass is 245 g/mol. The normalized spacial score (nSPS) is 14.2. The van der Waals surface area contributed by atoms with Crippen molar-refractivity contribution in [2.24, 2.45) is 0 Å². The third kappa shape index (κ3) is 2.90. The Kier molecular flexibility index (Phi) is 3.99. The summed E-state index contributed by atoms with van der Waals surface area (Å²) in [6, 6.07) is 8.67. The molecule has 4 heteroatoms. The number of aromatic nitrogens is 2. The number of nitrogens with one attached hydrogen (secondary N) is 2. The Morgan fingerprint density at radius 1 is 1.11 bits per heavy atom. The van der Waals surface area contributed by atoms with Crippen LogP contribution in [0.25, 0.3) is 0 Å². The minimum absolute atomic E-state index is 0.265. The summed E-state index contributed by atoms with van der Waals surface area (Å²) in [7, 11) is 1.68. The highest BCUT2D eigenvalue weighted by molar-refractivity contribution is 5.29. The van der Waals surface area contributed by atoms with Crippen LogP contribution in [-0.2, 0) is 0 Å². The molecule has 0 fully saturated rings. The summed E-state index contributed by atoms with van der Waals surface area (Å²) in [5.74, 6) is 0.883. The van der Waals surface area contributed by atoms with Crippen molar-refractivity contribution in [1.29, 1.82) is 0 Å². The maximum atomic E-state index is 5.16. The minimum atomic E-state index is 0.265. The van der Waals surface area contributed by atoms with Crippen molar-refractivity contribution in [3.63, 3.8) is 0 Å². The molecule has 0 aliphatic carbocycles. The summed E-state index contributed by atoms with van der Waals surface area (Å²) in [6.07, 6.45) is 3.76. The lowest BCUT2D eigenvalue weighted by Crippen LogP contribution is -2.22. The molecule has 2 rings (SSSR count). The molecule has 0 bridgehead atoms. The zero-order chi connectivity index (χ0) is 13.0. The molecule has 96 valence electrons. The first-order valence-corrected chi connectivity index (χ1v) is 6.09. The third-order valence-corrected chi connectivity index (χ3v) is 3.14. The highest BCUT2D eigenvalue weighted by atomic mass is 16.5. The topological polar surface area (TPSA) is 49.9 Å². The summed E-state index contributed by atoms with van der Waals surface area (Å²) in [5.41, 5.74) is 2.40. The molecule has 1 aromatic carbocycles. The van der Waals surface area contributed by atoms with Gasteiger partial charge < -0.3 is 10.1 Å². The van der Waals surface area contributed by atoms with E-state index in [1.54, 1.807) is 7.11 Å². The fourth-order valence-electron chi connectivity index (χ4n) is 1.96. The van der Waals surface area contributed by atoms with Crippen molar-refractivity contribution in [2.45, 2.75) is 25.9 Å². The first-order chi connectivity index (χ1) is 8.70. The summed E-state index contributed by atoms with van der Waals surface area (Å²) >= 11 is 0. The van der Waals surface area contributed by atoms with Crippen molar-refractivity contribution in [2.75, 3.05) is 7.11 Å². The number of rotatable bonds is 5. The molecular formula is C14H19N3O. The second-order valence-corrected chi connectivity index (χ2v) is 4.41. The lowest BCUT2D eigenvalue weighted by atomic mass is 10.1. The predicted molar refractivity (Wildman–Crippen MR) is 71.5 cm³/mol. The number of hydrogen-bond donors (Lipinski definition) is 2. The van der Waals surface area contributed by atoms with Crippen LogP contribution < -0.4 is 10.1 Å². The molecule has 0 amide bonds. The quantitative estimate of drug-likeness (QED) is 0.851. The molecule has 2 aromatic rings. The maximum absolute atomic E-state index is 5.16. The van der Waals surface area contributed by atoms with E-state index in [1.165, 1.54) is 5.56 Å². The Morgan fingerprint density at radius 2 is 1.78 bits per heavy atom.